The van der Waals surface area contributed by atoms with Crippen LogP contribution in [0.3, 0.4) is 0 Å². The number of hydrogen-bond acceptors (Lipinski definition) is 6. The van der Waals surface area contributed by atoms with Crippen molar-refractivity contribution in [1.82, 2.24) is 4.90 Å². The third-order valence-electron chi connectivity index (χ3n) is 4.90. The first kappa shape index (κ1) is 20.9. The monoisotopic (exact) mass is 411 g/mol. The second kappa shape index (κ2) is 8.69. The van der Waals surface area contributed by atoms with E-state index in [-0.39, 0.29) is 36.5 Å². The lowest BCUT2D eigenvalue weighted by Crippen LogP contribution is -2.31. The highest BCUT2D eigenvalue weighted by Gasteiger charge is 2.45. The summed E-state index contributed by atoms with van der Waals surface area (Å²) in [6, 6.07) is 11.4. The molecule has 1 heterocycles. The molecule has 0 aromatic heterocycles. The first-order valence-corrected chi connectivity index (χ1v) is 9.27. The Hall–Kier alpha value is -3.81. The molecular weight excluding hydrogens is 390 g/mol. The van der Waals surface area contributed by atoms with E-state index in [1.165, 1.54) is 24.1 Å². The summed E-state index contributed by atoms with van der Waals surface area (Å²) >= 11 is 0. The fraction of sp³-hybridized carbons (Fsp3) is 0.227. The smallest absolute Gasteiger partial charge is 0.303 e. The molecule has 3 rings (SSSR count). The lowest BCUT2D eigenvalue weighted by Gasteiger charge is -2.25. The van der Waals surface area contributed by atoms with Gasteiger partial charge in [-0.2, -0.15) is 0 Å². The van der Waals surface area contributed by atoms with Crippen molar-refractivity contribution in [1.29, 1.82) is 0 Å². The van der Waals surface area contributed by atoms with Crippen LogP contribution < -0.4 is 4.74 Å². The number of likely N-dealkylation sites (tertiary alicyclic amines) is 1. The molecule has 0 spiro atoms. The number of ketones is 1. The average Bonchev–Trinajstić information content (AvgIpc) is 2.98. The summed E-state index contributed by atoms with van der Waals surface area (Å²) in [5.41, 5.74) is 0.756. The van der Waals surface area contributed by atoms with Crippen LogP contribution in [0, 0.1) is 0 Å². The minimum Gasteiger partial charge on any atom is -0.508 e. The van der Waals surface area contributed by atoms with Gasteiger partial charge >= 0.3 is 5.97 Å². The number of aromatic hydroxyl groups is 1. The van der Waals surface area contributed by atoms with Crippen molar-refractivity contribution in [2.45, 2.75) is 18.9 Å². The Labute approximate surface area is 172 Å². The van der Waals surface area contributed by atoms with E-state index in [0.29, 0.717) is 16.9 Å². The van der Waals surface area contributed by atoms with Gasteiger partial charge in [0.25, 0.3) is 11.7 Å². The molecule has 0 bridgehead atoms. The van der Waals surface area contributed by atoms with E-state index >= 15 is 0 Å². The number of carboxylic acid groups (broad SMARTS) is 1. The highest BCUT2D eigenvalue weighted by atomic mass is 16.5. The predicted octanol–water partition coefficient (Wildman–Crippen LogP) is 2.69. The van der Waals surface area contributed by atoms with Gasteiger partial charge < -0.3 is 25.0 Å². The number of ether oxygens (including phenoxy) is 1. The van der Waals surface area contributed by atoms with Crippen LogP contribution in [0.5, 0.6) is 11.5 Å². The zero-order valence-corrected chi connectivity index (χ0v) is 16.2. The molecule has 2 aromatic carbocycles. The summed E-state index contributed by atoms with van der Waals surface area (Å²) in [7, 11) is 1.50. The number of hydrogen-bond donors (Lipinski definition) is 3. The number of carbonyl (C=O) groups is 3. The molecule has 8 nitrogen and oxygen atoms in total. The number of Topliss-reactive ketones (excluding diaryl/α,β-unsaturated/α-hetero) is 1. The van der Waals surface area contributed by atoms with Crippen LogP contribution in [0.15, 0.2) is 54.1 Å². The number of carbonyl (C=O) groups excluding carboxylic acids is 2. The number of phenols is 1. The summed E-state index contributed by atoms with van der Waals surface area (Å²) < 4.78 is 5.10. The van der Waals surface area contributed by atoms with Crippen LogP contribution in [0.1, 0.15) is 30.0 Å². The third kappa shape index (κ3) is 4.12. The highest BCUT2D eigenvalue weighted by Crippen LogP contribution is 2.40. The lowest BCUT2D eigenvalue weighted by molar-refractivity contribution is -0.140. The molecule has 0 radical (unpaired) electrons. The Morgan fingerprint density at radius 1 is 1.03 bits per heavy atom. The van der Waals surface area contributed by atoms with Gasteiger partial charge in [0.2, 0.25) is 0 Å². The van der Waals surface area contributed by atoms with Gasteiger partial charge in [0.05, 0.1) is 18.7 Å². The minimum absolute atomic E-state index is 0.0109. The Morgan fingerprint density at radius 2 is 1.67 bits per heavy atom. The van der Waals surface area contributed by atoms with E-state index in [4.69, 9.17) is 9.84 Å². The van der Waals surface area contributed by atoms with E-state index in [1.807, 2.05) is 0 Å². The zero-order valence-electron chi connectivity index (χ0n) is 16.2. The Bertz CT molecular complexity index is 993. The number of aliphatic carboxylic acids is 1. The van der Waals surface area contributed by atoms with Gasteiger partial charge in [-0.3, -0.25) is 14.4 Å². The maximum atomic E-state index is 12.8. The molecule has 156 valence electrons. The SMILES string of the molecule is COc1ccc(/C(O)=C2\C(=O)C(=O)N(CCCC(=O)O)C2c2ccc(O)cc2)cc1. The molecule has 0 saturated carbocycles. The number of nitrogens with zero attached hydrogens (tertiary/aromatic N) is 1. The predicted molar refractivity (Wildman–Crippen MR) is 107 cm³/mol. The normalized spacial score (nSPS) is 17.9. The molecule has 8 heteroatoms. The molecule has 1 aliphatic rings. The van der Waals surface area contributed by atoms with Gasteiger partial charge in [0.15, 0.2) is 0 Å². The summed E-state index contributed by atoms with van der Waals surface area (Å²) in [5, 5.41) is 29.4. The van der Waals surface area contributed by atoms with Crippen LogP contribution in [0.4, 0.5) is 0 Å². The molecule has 0 aliphatic carbocycles. The number of aliphatic hydroxyl groups is 1. The summed E-state index contributed by atoms with van der Waals surface area (Å²) in [4.78, 5) is 37.6. The van der Waals surface area contributed by atoms with E-state index in [1.54, 1.807) is 36.4 Å². The average molecular weight is 411 g/mol. The van der Waals surface area contributed by atoms with Crippen LogP contribution in [0.2, 0.25) is 0 Å². The van der Waals surface area contributed by atoms with Crippen molar-refractivity contribution in [2.75, 3.05) is 13.7 Å². The summed E-state index contributed by atoms with van der Waals surface area (Å²) in [6.07, 6.45) is -0.0106. The molecular formula is C22H21NO7. The largest absolute Gasteiger partial charge is 0.508 e. The van der Waals surface area contributed by atoms with Crippen LogP contribution in [-0.2, 0) is 14.4 Å². The van der Waals surface area contributed by atoms with Crippen molar-refractivity contribution < 1.29 is 34.4 Å². The first-order valence-electron chi connectivity index (χ1n) is 9.27. The van der Waals surface area contributed by atoms with Gasteiger partial charge in [-0.15, -0.1) is 0 Å². The van der Waals surface area contributed by atoms with E-state index < -0.39 is 23.7 Å². The van der Waals surface area contributed by atoms with Gasteiger partial charge in [-0.05, 0) is 48.4 Å². The number of aliphatic hydroxyl groups excluding tert-OH is 1. The van der Waals surface area contributed by atoms with Crippen molar-refractivity contribution >= 4 is 23.4 Å². The Balaban J connectivity index is 2.07. The van der Waals surface area contributed by atoms with Crippen molar-refractivity contribution in [3.05, 3.63) is 65.2 Å². The molecule has 2 aromatic rings. The number of rotatable bonds is 7. The molecule has 30 heavy (non-hydrogen) atoms. The van der Waals surface area contributed by atoms with Crippen LogP contribution in [-0.4, -0.2) is 51.5 Å². The quantitative estimate of drug-likeness (QED) is 0.363. The molecule has 1 fully saturated rings. The van der Waals surface area contributed by atoms with Crippen LogP contribution >= 0.6 is 0 Å². The second-order valence-corrected chi connectivity index (χ2v) is 6.81. The number of amides is 1. The number of phenolic OH excluding ortho intramolecular Hbond substituents is 1. The van der Waals surface area contributed by atoms with Crippen LogP contribution in [0.25, 0.3) is 5.76 Å². The van der Waals surface area contributed by atoms with E-state index in [0.717, 1.165) is 0 Å². The fourth-order valence-corrected chi connectivity index (χ4v) is 3.42. The summed E-state index contributed by atoms with van der Waals surface area (Å²) in [5.74, 6) is -2.43. The molecule has 1 atom stereocenters. The van der Waals surface area contributed by atoms with Gasteiger partial charge in [0.1, 0.15) is 17.3 Å². The Kier molecular flexibility index (Phi) is 6.06. The molecule has 1 saturated heterocycles. The van der Waals surface area contributed by atoms with Gasteiger partial charge in [0, 0.05) is 18.5 Å². The maximum Gasteiger partial charge on any atom is 0.303 e. The van der Waals surface area contributed by atoms with Gasteiger partial charge in [-0.1, -0.05) is 12.1 Å². The standard InChI is InChI=1S/C22H21NO7/c1-30-16-10-6-14(7-11-16)20(27)18-19(13-4-8-15(24)9-5-13)23(22(29)21(18)28)12-2-3-17(25)26/h4-11,19,24,27H,2-3,12H2,1H3,(H,25,26)/b20-18+. The van der Waals surface area contributed by atoms with E-state index in [9.17, 15) is 24.6 Å². The second-order valence-electron chi connectivity index (χ2n) is 6.81. The minimum atomic E-state index is -1.01. The molecule has 1 amide bonds. The third-order valence-corrected chi connectivity index (χ3v) is 4.90. The first-order chi connectivity index (χ1) is 14.3. The molecule has 1 unspecified atom stereocenters. The van der Waals surface area contributed by atoms with Gasteiger partial charge in [-0.25, -0.2) is 0 Å². The number of methoxy groups -OCH3 is 1. The number of benzene rings is 2. The van der Waals surface area contributed by atoms with E-state index in [2.05, 4.69) is 0 Å². The van der Waals surface area contributed by atoms with Crippen molar-refractivity contribution in [3.8, 4) is 11.5 Å². The maximum absolute atomic E-state index is 12.8. The summed E-state index contributed by atoms with van der Waals surface area (Å²) in [6.45, 7) is 0.0296. The highest BCUT2D eigenvalue weighted by molar-refractivity contribution is 6.46. The van der Waals surface area contributed by atoms with Crippen molar-refractivity contribution in [3.63, 3.8) is 0 Å². The number of carboxylic acids is 1. The molecule has 3 N–H and O–H groups in total. The molecule has 1 aliphatic heterocycles. The van der Waals surface area contributed by atoms with Crippen molar-refractivity contribution in [2.24, 2.45) is 0 Å². The fourth-order valence-electron chi connectivity index (χ4n) is 3.42. The topological polar surface area (TPSA) is 124 Å². The lowest BCUT2D eigenvalue weighted by atomic mass is 9.95. The zero-order chi connectivity index (χ0) is 21.8. The Morgan fingerprint density at radius 3 is 2.23 bits per heavy atom.